The molecule has 134 valence electrons. The van der Waals surface area contributed by atoms with E-state index in [9.17, 15) is 9.59 Å². The quantitative estimate of drug-likeness (QED) is 0.853. The zero-order valence-corrected chi connectivity index (χ0v) is 15.8. The molecule has 3 rings (SSSR count). The average Bonchev–Trinajstić information content (AvgIpc) is 3.25. The maximum absolute atomic E-state index is 10.8. The summed E-state index contributed by atoms with van der Waals surface area (Å²) >= 11 is 1.70. The molecule has 0 spiro atoms. The van der Waals surface area contributed by atoms with Crippen LogP contribution in [-0.4, -0.2) is 41.7 Å². The molecule has 5 nitrogen and oxygen atoms in total. The fourth-order valence-electron chi connectivity index (χ4n) is 2.88. The largest absolute Gasteiger partial charge is 0.333 e. The SMILES string of the molecule is CC(=O)N1CCCC1C=O.CNCc1ccc(-c2scnc2C)cc1. The van der Waals surface area contributed by atoms with E-state index in [0.29, 0.717) is 0 Å². The van der Waals surface area contributed by atoms with Gasteiger partial charge >= 0.3 is 0 Å². The molecular formula is C19H25N3O2S. The van der Waals surface area contributed by atoms with Crippen molar-refractivity contribution >= 4 is 23.5 Å². The third-order valence-corrected chi connectivity index (χ3v) is 5.18. The normalized spacial score (nSPS) is 16.3. The standard InChI is InChI=1S/C12H14N2S.C7H11NO2/c1-9-12(15-8-14-9)11-5-3-10(4-6-11)7-13-2;1-6(10)8-4-2-3-7(8)5-9/h3-6,8,13H,7H2,1-2H3;5,7H,2-4H2,1H3. The van der Waals surface area contributed by atoms with Crippen molar-refractivity contribution in [3.8, 4) is 10.4 Å². The number of thiazole rings is 1. The summed E-state index contributed by atoms with van der Waals surface area (Å²) in [5.41, 5.74) is 5.58. The number of carbonyl (C=O) groups is 2. The lowest BCUT2D eigenvalue weighted by atomic mass is 10.1. The number of amides is 1. The number of aryl methyl sites for hydroxylation is 1. The van der Waals surface area contributed by atoms with Gasteiger partial charge in [0.1, 0.15) is 6.29 Å². The van der Waals surface area contributed by atoms with E-state index in [2.05, 4.69) is 34.6 Å². The maximum atomic E-state index is 10.8. The molecule has 0 aliphatic carbocycles. The second-order valence-electron chi connectivity index (χ2n) is 6.05. The van der Waals surface area contributed by atoms with Crippen LogP contribution >= 0.6 is 11.3 Å². The monoisotopic (exact) mass is 359 g/mol. The predicted octanol–water partition coefficient (Wildman–Crippen LogP) is 3.03. The van der Waals surface area contributed by atoms with E-state index < -0.39 is 0 Å². The molecule has 1 atom stereocenters. The molecule has 1 unspecified atom stereocenters. The topological polar surface area (TPSA) is 62.3 Å². The van der Waals surface area contributed by atoms with Crippen LogP contribution in [-0.2, 0) is 16.1 Å². The average molecular weight is 359 g/mol. The Kier molecular flexibility index (Phi) is 7.28. The molecular weight excluding hydrogens is 334 g/mol. The summed E-state index contributed by atoms with van der Waals surface area (Å²) in [6, 6.07) is 8.49. The van der Waals surface area contributed by atoms with Crippen molar-refractivity contribution in [2.75, 3.05) is 13.6 Å². The van der Waals surface area contributed by atoms with Crippen LogP contribution in [0.1, 0.15) is 31.0 Å². The third kappa shape index (κ3) is 5.21. The number of benzene rings is 1. The van der Waals surface area contributed by atoms with Gasteiger partial charge in [0, 0.05) is 20.0 Å². The molecule has 2 aromatic rings. The van der Waals surface area contributed by atoms with Crippen molar-refractivity contribution < 1.29 is 9.59 Å². The Balaban J connectivity index is 0.000000196. The number of hydrogen-bond acceptors (Lipinski definition) is 5. The van der Waals surface area contributed by atoms with Crippen LogP contribution in [0.25, 0.3) is 10.4 Å². The highest BCUT2D eigenvalue weighted by molar-refractivity contribution is 7.13. The van der Waals surface area contributed by atoms with Crippen LogP contribution in [0, 0.1) is 6.92 Å². The van der Waals surface area contributed by atoms with Gasteiger partial charge in [0.25, 0.3) is 0 Å². The predicted molar refractivity (Wildman–Crippen MR) is 102 cm³/mol. The Hall–Kier alpha value is -2.05. The van der Waals surface area contributed by atoms with E-state index in [1.54, 1.807) is 16.2 Å². The van der Waals surface area contributed by atoms with E-state index in [-0.39, 0.29) is 11.9 Å². The Morgan fingerprint density at radius 2 is 2.12 bits per heavy atom. The van der Waals surface area contributed by atoms with Gasteiger partial charge in [-0.1, -0.05) is 24.3 Å². The number of nitrogens with one attached hydrogen (secondary N) is 1. The number of hydrogen-bond donors (Lipinski definition) is 1. The molecule has 0 bridgehead atoms. The summed E-state index contributed by atoms with van der Waals surface area (Å²) in [6.07, 6.45) is 2.65. The summed E-state index contributed by atoms with van der Waals surface area (Å²) in [7, 11) is 1.96. The van der Waals surface area contributed by atoms with E-state index in [0.717, 1.165) is 37.9 Å². The van der Waals surface area contributed by atoms with Crippen LogP contribution in [0.2, 0.25) is 0 Å². The van der Waals surface area contributed by atoms with Crippen LogP contribution in [0.4, 0.5) is 0 Å². The molecule has 6 heteroatoms. The van der Waals surface area contributed by atoms with Crippen molar-refractivity contribution in [2.24, 2.45) is 0 Å². The lowest BCUT2D eigenvalue weighted by Gasteiger charge is -2.17. The molecule has 1 saturated heterocycles. The van der Waals surface area contributed by atoms with E-state index >= 15 is 0 Å². The van der Waals surface area contributed by atoms with E-state index in [1.165, 1.54) is 22.9 Å². The van der Waals surface area contributed by atoms with Crippen LogP contribution in [0.3, 0.4) is 0 Å². The summed E-state index contributed by atoms with van der Waals surface area (Å²) in [6.45, 7) is 5.22. The zero-order chi connectivity index (χ0) is 18.2. The van der Waals surface area contributed by atoms with Crippen molar-refractivity contribution in [3.05, 3.63) is 41.0 Å². The molecule has 1 amide bonds. The number of aldehydes is 1. The minimum atomic E-state index is -0.141. The molecule has 1 N–H and O–H groups in total. The van der Waals surface area contributed by atoms with Crippen molar-refractivity contribution in [3.63, 3.8) is 0 Å². The zero-order valence-electron chi connectivity index (χ0n) is 15.0. The molecule has 0 radical (unpaired) electrons. The van der Waals surface area contributed by atoms with Gasteiger partial charge in [-0.25, -0.2) is 4.98 Å². The fraction of sp³-hybridized carbons (Fsp3) is 0.421. The van der Waals surface area contributed by atoms with Crippen molar-refractivity contribution in [1.82, 2.24) is 15.2 Å². The second kappa shape index (κ2) is 9.44. The van der Waals surface area contributed by atoms with Crippen LogP contribution < -0.4 is 5.32 Å². The van der Waals surface area contributed by atoms with Crippen molar-refractivity contribution in [2.45, 2.75) is 39.3 Å². The number of rotatable bonds is 4. The molecule has 25 heavy (non-hydrogen) atoms. The van der Waals surface area contributed by atoms with Gasteiger partial charge in [-0.05, 0) is 37.9 Å². The Morgan fingerprint density at radius 3 is 2.60 bits per heavy atom. The van der Waals surface area contributed by atoms with Gasteiger partial charge in [-0.3, -0.25) is 4.79 Å². The fourth-order valence-corrected chi connectivity index (χ4v) is 3.69. The third-order valence-electron chi connectivity index (χ3n) is 4.20. The first-order chi connectivity index (χ1) is 12.1. The van der Waals surface area contributed by atoms with Crippen LogP contribution in [0.15, 0.2) is 29.8 Å². The minimum Gasteiger partial charge on any atom is -0.333 e. The molecule has 1 fully saturated rings. The summed E-state index contributed by atoms with van der Waals surface area (Å²) in [5.74, 6) is 0.00889. The molecule has 1 aliphatic rings. The highest BCUT2D eigenvalue weighted by Gasteiger charge is 2.25. The first-order valence-corrected chi connectivity index (χ1v) is 9.31. The van der Waals surface area contributed by atoms with Gasteiger partial charge in [0.15, 0.2) is 0 Å². The van der Waals surface area contributed by atoms with E-state index in [4.69, 9.17) is 0 Å². The smallest absolute Gasteiger partial charge is 0.220 e. The lowest BCUT2D eigenvalue weighted by molar-refractivity contribution is -0.132. The number of nitrogens with zero attached hydrogens (tertiary/aromatic N) is 2. The highest BCUT2D eigenvalue weighted by atomic mass is 32.1. The number of likely N-dealkylation sites (tertiary alicyclic amines) is 1. The molecule has 1 aliphatic heterocycles. The number of carbonyl (C=O) groups excluding carboxylic acids is 2. The van der Waals surface area contributed by atoms with Gasteiger partial charge in [-0.15, -0.1) is 11.3 Å². The number of aromatic nitrogens is 1. The second-order valence-corrected chi connectivity index (χ2v) is 6.91. The Labute approximate surface area is 153 Å². The lowest BCUT2D eigenvalue weighted by Crippen LogP contribution is -2.34. The molecule has 0 saturated carbocycles. The minimum absolute atomic E-state index is 0.00889. The summed E-state index contributed by atoms with van der Waals surface area (Å²) in [4.78, 5) is 28.3. The molecule has 1 aromatic heterocycles. The molecule has 1 aromatic carbocycles. The van der Waals surface area contributed by atoms with Crippen molar-refractivity contribution in [1.29, 1.82) is 0 Å². The first-order valence-electron chi connectivity index (χ1n) is 8.43. The van der Waals surface area contributed by atoms with Gasteiger partial charge < -0.3 is 15.0 Å². The Bertz CT molecular complexity index is 697. The first kappa shape index (κ1) is 19.3. The summed E-state index contributed by atoms with van der Waals surface area (Å²) < 4.78 is 0. The van der Waals surface area contributed by atoms with Gasteiger partial charge in [-0.2, -0.15) is 0 Å². The van der Waals surface area contributed by atoms with Crippen LogP contribution in [0.5, 0.6) is 0 Å². The van der Waals surface area contributed by atoms with Gasteiger partial charge in [0.05, 0.1) is 22.1 Å². The maximum Gasteiger partial charge on any atom is 0.220 e. The molecule has 2 heterocycles. The Morgan fingerprint density at radius 1 is 1.40 bits per heavy atom. The summed E-state index contributed by atoms with van der Waals surface area (Å²) in [5, 5.41) is 3.14. The van der Waals surface area contributed by atoms with E-state index in [1.807, 2.05) is 19.5 Å². The highest BCUT2D eigenvalue weighted by Crippen LogP contribution is 2.27. The van der Waals surface area contributed by atoms with Gasteiger partial charge in [0.2, 0.25) is 5.91 Å².